The van der Waals surface area contributed by atoms with Gasteiger partial charge in [-0.25, -0.2) is 4.98 Å². The van der Waals surface area contributed by atoms with E-state index in [2.05, 4.69) is 32.3 Å². The summed E-state index contributed by atoms with van der Waals surface area (Å²) in [6.07, 6.45) is 1.96. The number of carbonyl (C=O) groups excluding carboxylic acids is 1. The molecule has 7 heteroatoms. The fraction of sp³-hybridized carbons (Fsp3) is 0.300. The zero-order valence-corrected chi connectivity index (χ0v) is 16.8. The molecular weight excluding hydrogens is 383 g/mol. The molecule has 1 aliphatic heterocycles. The largest absolute Gasteiger partial charge is 0.349 e. The number of nitrogens with zero attached hydrogens (tertiary/aromatic N) is 2. The Morgan fingerprint density at radius 2 is 1.81 bits per heavy atom. The van der Waals surface area contributed by atoms with E-state index in [1.165, 1.54) is 0 Å². The van der Waals surface area contributed by atoms with E-state index in [0.29, 0.717) is 5.56 Å². The molecule has 0 radical (unpaired) electrons. The third kappa shape index (κ3) is 4.43. The highest BCUT2D eigenvalue weighted by Gasteiger charge is 2.17. The topological polar surface area (TPSA) is 59.0 Å². The number of halogens is 2. The smallest absolute Gasteiger partial charge is 0.251 e. The highest BCUT2D eigenvalue weighted by Crippen LogP contribution is 2.22. The summed E-state index contributed by atoms with van der Waals surface area (Å²) < 4.78 is 2.11. The van der Waals surface area contributed by atoms with Crippen LogP contribution in [0.15, 0.2) is 48.5 Å². The number of hydrogen-bond donors (Lipinski definition) is 2. The van der Waals surface area contributed by atoms with Crippen LogP contribution in [0.1, 0.15) is 29.0 Å². The van der Waals surface area contributed by atoms with Crippen molar-refractivity contribution in [2.45, 2.75) is 25.8 Å². The molecule has 4 rings (SSSR count). The summed E-state index contributed by atoms with van der Waals surface area (Å²) in [5.74, 6) is 0.901. The average Bonchev–Trinajstić information content (AvgIpc) is 2.98. The maximum absolute atomic E-state index is 12.6. The molecule has 0 saturated carbocycles. The van der Waals surface area contributed by atoms with Crippen molar-refractivity contribution in [3.05, 3.63) is 59.9 Å². The van der Waals surface area contributed by atoms with Gasteiger partial charge in [0.25, 0.3) is 5.91 Å². The molecule has 2 heterocycles. The lowest BCUT2D eigenvalue weighted by atomic mass is 10.1. The monoisotopic (exact) mass is 406 g/mol. The molecule has 1 amide bonds. The summed E-state index contributed by atoms with van der Waals surface area (Å²) in [4.78, 5) is 17.2. The van der Waals surface area contributed by atoms with E-state index in [9.17, 15) is 4.79 Å². The molecule has 1 saturated heterocycles. The van der Waals surface area contributed by atoms with Crippen molar-refractivity contribution in [1.29, 1.82) is 0 Å². The molecule has 0 unspecified atom stereocenters. The minimum atomic E-state index is -0.0132. The molecule has 2 aromatic carbocycles. The van der Waals surface area contributed by atoms with E-state index in [4.69, 9.17) is 0 Å². The van der Waals surface area contributed by atoms with Gasteiger partial charge in [0, 0.05) is 17.3 Å². The van der Waals surface area contributed by atoms with Gasteiger partial charge in [-0.05, 0) is 63.2 Å². The number of imidazole rings is 1. The maximum atomic E-state index is 12.6. The van der Waals surface area contributed by atoms with Crippen LogP contribution >= 0.6 is 24.8 Å². The number of rotatable bonds is 3. The molecule has 0 bridgehead atoms. The number of piperidine rings is 1. The van der Waals surface area contributed by atoms with E-state index in [1.807, 2.05) is 43.3 Å². The van der Waals surface area contributed by atoms with Crippen molar-refractivity contribution in [2.75, 3.05) is 13.1 Å². The minimum absolute atomic E-state index is 0. The number of aromatic nitrogens is 2. The van der Waals surface area contributed by atoms with Crippen molar-refractivity contribution < 1.29 is 4.79 Å². The van der Waals surface area contributed by atoms with Crippen LogP contribution in [0.2, 0.25) is 0 Å². The maximum Gasteiger partial charge on any atom is 0.251 e. The molecule has 27 heavy (non-hydrogen) atoms. The first kappa shape index (κ1) is 21.2. The van der Waals surface area contributed by atoms with Crippen LogP contribution in [0.3, 0.4) is 0 Å². The molecule has 0 atom stereocenters. The Kier molecular flexibility index (Phi) is 7.25. The number of fused-ring (bicyclic) bond motifs is 1. The number of aryl methyl sites for hydroxylation is 1. The van der Waals surface area contributed by atoms with E-state index < -0.39 is 0 Å². The number of carbonyl (C=O) groups is 1. The van der Waals surface area contributed by atoms with Crippen LogP contribution in [0, 0.1) is 6.92 Å². The molecule has 0 spiro atoms. The lowest BCUT2D eigenvalue weighted by molar-refractivity contribution is 0.0929. The van der Waals surface area contributed by atoms with Crippen molar-refractivity contribution in [3.8, 4) is 5.69 Å². The van der Waals surface area contributed by atoms with E-state index in [-0.39, 0.29) is 36.8 Å². The summed E-state index contributed by atoms with van der Waals surface area (Å²) >= 11 is 0. The molecule has 1 fully saturated rings. The zero-order chi connectivity index (χ0) is 17.2. The molecule has 144 valence electrons. The van der Waals surface area contributed by atoms with Gasteiger partial charge in [0.2, 0.25) is 0 Å². The Balaban J connectivity index is 0.00000131. The normalized spacial score (nSPS) is 14.3. The number of benzene rings is 2. The second-order valence-corrected chi connectivity index (χ2v) is 6.53. The second kappa shape index (κ2) is 9.22. The molecule has 1 aliphatic rings. The van der Waals surface area contributed by atoms with Gasteiger partial charge in [0.1, 0.15) is 5.82 Å². The van der Waals surface area contributed by atoms with Gasteiger partial charge < -0.3 is 10.6 Å². The highest BCUT2D eigenvalue weighted by molar-refractivity contribution is 5.97. The predicted octanol–water partition coefficient (Wildman–Crippen LogP) is 3.66. The van der Waals surface area contributed by atoms with Crippen LogP contribution in [0.5, 0.6) is 0 Å². The van der Waals surface area contributed by atoms with Crippen LogP contribution in [0.4, 0.5) is 0 Å². The first-order chi connectivity index (χ1) is 12.2. The van der Waals surface area contributed by atoms with Crippen LogP contribution in [-0.4, -0.2) is 34.6 Å². The molecule has 0 aliphatic carbocycles. The Morgan fingerprint density at radius 1 is 1.11 bits per heavy atom. The Hall–Kier alpha value is -2.08. The number of para-hydroxylation sites is 1. The third-order valence-electron chi connectivity index (χ3n) is 4.77. The molecule has 3 aromatic rings. The quantitative estimate of drug-likeness (QED) is 0.697. The van der Waals surface area contributed by atoms with Crippen molar-refractivity contribution >= 4 is 41.8 Å². The number of amides is 1. The van der Waals surface area contributed by atoms with Gasteiger partial charge in [-0.15, -0.1) is 24.8 Å². The van der Waals surface area contributed by atoms with E-state index >= 15 is 0 Å². The first-order valence-electron chi connectivity index (χ1n) is 8.78. The van der Waals surface area contributed by atoms with Gasteiger partial charge in [-0.3, -0.25) is 9.36 Å². The fourth-order valence-corrected chi connectivity index (χ4v) is 3.48. The first-order valence-corrected chi connectivity index (χ1v) is 8.78. The molecule has 5 nitrogen and oxygen atoms in total. The summed E-state index contributed by atoms with van der Waals surface area (Å²) in [5, 5.41) is 6.45. The summed E-state index contributed by atoms with van der Waals surface area (Å²) in [6.45, 7) is 3.91. The van der Waals surface area contributed by atoms with Crippen molar-refractivity contribution in [3.63, 3.8) is 0 Å². The van der Waals surface area contributed by atoms with Gasteiger partial charge in [0.05, 0.1) is 11.0 Å². The lowest BCUT2D eigenvalue weighted by Crippen LogP contribution is -2.42. The van der Waals surface area contributed by atoms with Crippen LogP contribution in [-0.2, 0) is 0 Å². The van der Waals surface area contributed by atoms with Crippen molar-refractivity contribution in [2.24, 2.45) is 0 Å². The molecular formula is C20H24Cl2N4O. The molecule has 2 N–H and O–H groups in total. The summed E-state index contributed by atoms with van der Waals surface area (Å²) in [6, 6.07) is 16.2. The Morgan fingerprint density at radius 3 is 2.52 bits per heavy atom. The summed E-state index contributed by atoms with van der Waals surface area (Å²) in [7, 11) is 0. The number of nitrogens with one attached hydrogen (secondary N) is 2. The SMILES string of the molecule is Cc1nc2cc(C(=O)NC3CCNCC3)ccc2n1-c1ccccc1.Cl.Cl. The van der Waals surface area contributed by atoms with Crippen LogP contribution < -0.4 is 10.6 Å². The third-order valence-corrected chi connectivity index (χ3v) is 4.77. The number of hydrogen-bond acceptors (Lipinski definition) is 3. The summed E-state index contributed by atoms with van der Waals surface area (Å²) in [5.41, 5.74) is 3.61. The van der Waals surface area contributed by atoms with E-state index in [0.717, 1.165) is 48.5 Å². The average molecular weight is 407 g/mol. The van der Waals surface area contributed by atoms with Gasteiger partial charge in [-0.2, -0.15) is 0 Å². The zero-order valence-electron chi connectivity index (χ0n) is 15.1. The van der Waals surface area contributed by atoms with Gasteiger partial charge in [-0.1, -0.05) is 18.2 Å². The predicted molar refractivity (Wildman–Crippen MR) is 114 cm³/mol. The highest BCUT2D eigenvalue weighted by atomic mass is 35.5. The standard InChI is InChI=1S/C20H22N4O.2ClH/c1-14-22-18-13-15(20(25)23-16-9-11-21-12-10-16)7-8-19(18)24(14)17-5-3-2-4-6-17;;/h2-8,13,16,21H,9-12H2,1H3,(H,23,25);2*1H. The van der Waals surface area contributed by atoms with Gasteiger partial charge in [0.15, 0.2) is 0 Å². The second-order valence-electron chi connectivity index (χ2n) is 6.53. The Bertz CT molecular complexity index is 905. The van der Waals surface area contributed by atoms with Crippen molar-refractivity contribution in [1.82, 2.24) is 20.2 Å². The van der Waals surface area contributed by atoms with Crippen LogP contribution in [0.25, 0.3) is 16.7 Å². The van der Waals surface area contributed by atoms with Gasteiger partial charge >= 0.3 is 0 Å². The Labute approximate surface area is 171 Å². The minimum Gasteiger partial charge on any atom is -0.349 e. The fourth-order valence-electron chi connectivity index (χ4n) is 3.48. The molecule has 1 aromatic heterocycles. The van der Waals surface area contributed by atoms with E-state index in [1.54, 1.807) is 0 Å². The lowest BCUT2D eigenvalue weighted by Gasteiger charge is -2.23.